The van der Waals surface area contributed by atoms with Crippen LogP contribution in [0.2, 0.25) is 0 Å². The summed E-state index contributed by atoms with van der Waals surface area (Å²) in [5.41, 5.74) is 0.794. The summed E-state index contributed by atoms with van der Waals surface area (Å²) in [5.74, 6) is 0.865. The van der Waals surface area contributed by atoms with E-state index < -0.39 is 0 Å². The van der Waals surface area contributed by atoms with Gasteiger partial charge in [-0.25, -0.2) is 4.98 Å². The molecule has 1 aliphatic rings. The molecule has 0 unspecified atom stereocenters. The quantitative estimate of drug-likeness (QED) is 0.699. The number of hydroxylamine groups is 1. The van der Waals surface area contributed by atoms with Gasteiger partial charge in [0, 0.05) is 31.9 Å². The number of rotatable bonds is 3. The van der Waals surface area contributed by atoms with Crippen LogP contribution in [0.5, 0.6) is 0 Å². The third kappa shape index (κ3) is 2.06. The van der Waals surface area contributed by atoms with E-state index in [2.05, 4.69) is 15.3 Å². The first-order chi connectivity index (χ1) is 7.72. The van der Waals surface area contributed by atoms with Gasteiger partial charge in [0.15, 0.2) is 0 Å². The molecule has 0 saturated carbocycles. The van der Waals surface area contributed by atoms with Crippen molar-refractivity contribution in [2.24, 2.45) is 0 Å². The molecule has 88 valence electrons. The fourth-order valence-electron chi connectivity index (χ4n) is 1.53. The number of anilines is 2. The lowest BCUT2D eigenvalue weighted by Crippen LogP contribution is -2.36. The van der Waals surface area contributed by atoms with Gasteiger partial charge < -0.3 is 20.3 Å². The highest BCUT2D eigenvalue weighted by Gasteiger charge is 2.14. The van der Waals surface area contributed by atoms with Gasteiger partial charge in [-0.15, -0.1) is 0 Å². The summed E-state index contributed by atoms with van der Waals surface area (Å²) >= 11 is 0. The molecule has 2 N–H and O–H groups in total. The molecule has 0 spiro atoms. The maximum Gasteiger partial charge on any atom is 0.227 e. The first-order valence-electron chi connectivity index (χ1n) is 5.05. The van der Waals surface area contributed by atoms with Crippen LogP contribution >= 0.6 is 0 Å². The number of hydrogen-bond donors (Lipinski definition) is 2. The van der Waals surface area contributed by atoms with Gasteiger partial charge in [0.2, 0.25) is 5.95 Å². The molecule has 0 radical (unpaired) electrons. The summed E-state index contributed by atoms with van der Waals surface area (Å²) < 4.78 is 0. The van der Waals surface area contributed by atoms with Crippen LogP contribution in [0.4, 0.5) is 11.8 Å². The standard InChI is InChI=1S/C9H14N5O2/c1-13(2-3-15)9-11-5-7-4-10-6-14(16)8(7)12-9/h5,10,15H,2-4,6H2,1H3/q-1. The van der Waals surface area contributed by atoms with Crippen molar-refractivity contribution < 1.29 is 5.11 Å². The molecule has 1 aromatic rings. The minimum absolute atomic E-state index is 0.0274. The molecular formula is C9H14N5O2-. The largest absolute Gasteiger partial charge is 0.756 e. The molecular weight excluding hydrogens is 210 g/mol. The Kier molecular flexibility index (Phi) is 3.18. The molecule has 7 nitrogen and oxygen atoms in total. The van der Waals surface area contributed by atoms with E-state index in [1.165, 1.54) is 0 Å². The Morgan fingerprint density at radius 3 is 3.25 bits per heavy atom. The van der Waals surface area contributed by atoms with Gasteiger partial charge in [-0.1, -0.05) is 0 Å². The lowest BCUT2D eigenvalue weighted by Gasteiger charge is -2.35. The molecule has 0 bridgehead atoms. The Morgan fingerprint density at radius 2 is 2.50 bits per heavy atom. The van der Waals surface area contributed by atoms with Crippen LogP contribution in [-0.2, 0) is 6.54 Å². The van der Waals surface area contributed by atoms with Crippen molar-refractivity contribution in [2.75, 3.05) is 36.8 Å². The second kappa shape index (κ2) is 4.60. The van der Waals surface area contributed by atoms with Crippen LogP contribution < -0.4 is 15.3 Å². The Balaban J connectivity index is 2.26. The molecule has 2 heterocycles. The van der Waals surface area contributed by atoms with E-state index in [0.29, 0.717) is 24.9 Å². The van der Waals surface area contributed by atoms with E-state index >= 15 is 0 Å². The highest BCUT2D eigenvalue weighted by molar-refractivity contribution is 5.52. The van der Waals surface area contributed by atoms with E-state index in [9.17, 15) is 5.21 Å². The molecule has 2 rings (SSSR count). The third-order valence-electron chi connectivity index (χ3n) is 2.41. The monoisotopic (exact) mass is 224 g/mol. The molecule has 16 heavy (non-hydrogen) atoms. The molecule has 0 atom stereocenters. The lowest BCUT2D eigenvalue weighted by atomic mass is 10.3. The number of likely N-dealkylation sites (N-methyl/N-ethyl adjacent to an activating group) is 1. The zero-order valence-electron chi connectivity index (χ0n) is 9.05. The Labute approximate surface area is 93.3 Å². The van der Waals surface area contributed by atoms with Crippen LogP contribution in [0.15, 0.2) is 6.20 Å². The normalized spacial score (nSPS) is 14.8. The SMILES string of the molecule is CN(CCO)c1ncc2c(n1)N([O-])CNC2. The van der Waals surface area contributed by atoms with Gasteiger partial charge >= 0.3 is 0 Å². The number of nitrogens with zero attached hydrogens (tertiary/aromatic N) is 4. The van der Waals surface area contributed by atoms with E-state index in [0.717, 1.165) is 10.6 Å². The summed E-state index contributed by atoms with van der Waals surface area (Å²) in [6, 6.07) is 0. The summed E-state index contributed by atoms with van der Waals surface area (Å²) in [7, 11) is 1.77. The minimum Gasteiger partial charge on any atom is -0.756 e. The molecule has 0 fully saturated rings. The van der Waals surface area contributed by atoms with Gasteiger partial charge in [-0.2, -0.15) is 4.98 Å². The maximum absolute atomic E-state index is 11.5. The lowest BCUT2D eigenvalue weighted by molar-refractivity contribution is 0.303. The van der Waals surface area contributed by atoms with Gasteiger partial charge in [0.1, 0.15) is 5.82 Å². The van der Waals surface area contributed by atoms with Crippen molar-refractivity contribution >= 4 is 11.8 Å². The number of fused-ring (bicyclic) bond motifs is 1. The topological polar surface area (TPSA) is 87.6 Å². The van der Waals surface area contributed by atoms with Crippen molar-refractivity contribution in [3.8, 4) is 0 Å². The predicted molar refractivity (Wildman–Crippen MR) is 59.9 cm³/mol. The fraction of sp³-hybridized carbons (Fsp3) is 0.556. The van der Waals surface area contributed by atoms with Crippen molar-refractivity contribution in [3.63, 3.8) is 0 Å². The van der Waals surface area contributed by atoms with Crippen molar-refractivity contribution in [1.29, 1.82) is 0 Å². The molecule has 1 aromatic heterocycles. The highest BCUT2D eigenvalue weighted by Crippen LogP contribution is 2.21. The van der Waals surface area contributed by atoms with Crippen LogP contribution in [0, 0.1) is 5.21 Å². The molecule has 0 aliphatic carbocycles. The van der Waals surface area contributed by atoms with E-state index in [1.54, 1.807) is 18.1 Å². The van der Waals surface area contributed by atoms with Gasteiger partial charge in [0.25, 0.3) is 0 Å². The average molecular weight is 224 g/mol. The first-order valence-corrected chi connectivity index (χ1v) is 5.05. The number of hydrogen-bond acceptors (Lipinski definition) is 7. The predicted octanol–water partition coefficient (Wildman–Crippen LogP) is -0.730. The Morgan fingerprint density at radius 1 is 1.69 bits per heavy atom. The average Bonchev–Trinajstić information content (AvgIpc) is 2.29. The van der Waals surface area contributed by atoms with Crippen LogP contribution in [0.3, 0.4) is 0 Å². The van der Waals surface area contributed by atoms with Gasteiger partial charge in [-0.05, 0) is 0 Å². The Hall–Kier alpha value is -1.44. The minimum atomic E-state index is 0.0274. The second-order valence-corrected chi connectivity index (χ2v) is 3.63. The number of aliphatic hydroxyl groups excluding tert-OH is 1. The maximum atomic E-state index is 11.5. The smallest absolute Gasteiger partial charge is 0.227 e. The van der Waals surface area contributed by atoms with Gasteiger partial charge in [0.05, 0.1) is 13.3 Å². The molecule has 1 aliphatic heterocycles. The summed E-state index contributed by atoms with van der Waals surface area (Å²) in [5, 5.41) is 24.1. The zero-order valence-corrected chi connectivity index (χ0v) is 9.05. The summed E-state index contributed by atoms with van der Waals surface area (Å²) in [6.45, 7) is 1.32. The van der Waals surface area contributed by atoms with Crippen molar-refractivity contribution in [3.05, 3.63) is 17.0 Å². The van der Waals surface area contributed by atoms with Crippen molar-refractivity contribution in [2.45, 2.75) is 6.54 Å². The number of nitrogens with one attached hydrogen (secondary N) is 1. The second-order valence-electron chi connectivity index (χ2n) is 3.63. The summed E-state index contributed by atoms with van der Waals surface area (Å²) in [4.78, 5) is 10.0. The highest BCUT2D eigenvalue weighted by atomic mass is 16.5. The van der Waals surface area contributed by atoms with Gasteiger partial charge in [-0.3, -0.25) is 5.32 Å². The third-order valence-corrected chi connectivity index (χ3v) is 2.41. The summed E-state index contributed by atoms with van der Waals surface area (Å²) in [6.07, 6.45) is 1.64. The first kappa shape index (κ1) is 11.1. The van der Waals surface area contributed by atoms with E-state index in [1.807, 2.05) is 0 Å². The van der Waals surface area contributed by atoms with Crippen LogP contribution in [0.25, 0.3) is 0 Å². The molecule has 0 amide bonds. The van der Waals surface area contributed by atoms with E-state index in [-0.39, 0.29) is 13.3 Å². The van der Waals surface area contributed by atoms with Crippen LogP contribution in [-0.4, -0.2) is 41.9 Å². The van der Waals surface area contributed by atoms with Crippen LogP contribution in [0.1, 0.15) is 5.56 Å². The fourth-order valence-corrected chi connectivity index (χ4v) is 1.53. The van der Waals surface area contributed by atoms with E-state index in [4.69, 9.17) is 5.11 Å². The molecule has 0 saturated heterocycles. The molecule has 7 heteroatoms. The number of aliphatic hydroxyl groups is 1. The number of aromatic nitrogens is 2. The Bertz CT molecular complexity index is 373. The zero-order chi connectivity index (χ0) is 11.5. The van der Waals surface area contributed by atoms with Crippen molar-refractivity contribution in [1.82, 2.24) is 15.3 Å². The molecule has 0 aromatic carbocycles.